The molecule has 5 heteroatoms. The lowest BCUT2D eigenvalue weighted by atomic mass is 9.74. The molecule has 1 aliphatic rings. The molecule has 0 radical (unpaired) electrons. The van der Waals surface area contributed by atoms with Gasteiger partial charge in [0, 0.05) is 12.1 Å². The molecule has 0 aromatic heterocycles. The summed E-state index contributed by atoms with van der Waals surface area (Å²) in [6, 6.07) is 0. The van der Waals surface area contributed by atoms with Crippen molar-refractivity contribution in [3.63, 3.8) is 0 Å². The Morgan fingerprint density at radius 2 is 1.78 bits per heavy atom. The largest absolute Gasteiger partial charge is 0.401 e. The van der Waals surface area contributed by atoms with Crippen LogP contribution < -0.4 is 5.73 Å². The van der Waals surface area contributed by atoms with Gasteiger partial charge in [-0.15, -0.1) is 0 Å². The van der Waals surface area contributed by atoms with Gasteiger partial charge in [-0.1, -0.05) is 20.3 Å². The van der Waals surface area contributed by atoms with Gasteiger partial charge in [-0.3, -0.25) is 4.90 Å². The van der Waals surface area contributed by atoms with Crippen molar-refractivity contribution in [2.24, 2.45) is 11.7 Å². The van der Waals surface area contributed by atoms with Crippen LogP contribution in [-0.2, 0) is 0 Å². The van der Waals surface area contributed by atoms with Crippen LogP contribution in [0.3, 0.4) is 0 Å². The first-order valence-electron chi connectivity index (χ1n) is 6.88. The second-order valence-electron chi connectivity index (χ2n) is 5.41. The Labute approximate surface area is 108 Å². The predicted octanol–water partition coefficient (Wildman–Crippen LogP) is 3.17. The third-order valence-electron chi connectivity index (χ3n) is 4.42. The van der Waals surface area contributed by atoms with E-state index in [9.17, 15) is 13.2 Å². The zero-order chi connectivity index (χ0) is 13.8. The lowest BCUT2D eigenvalue weighted by Crippen LogP contribution is -2.58. The summed E-state index contributed by atoms with van der Waals surface area (Å²) in [7, 11) is 0. The monoisotopic (exact) mass is 266 g/mol. The molecule has 2 N–H and O–H groups in total. The summed E-state index contributed by atoms with van der Waals surface area (Å²) in [6.07, 6.45) is 0.577. The third-order valence-corrected chi connectivity index (χ3v) is 4.42. The highest BCUT2D eigenvalue weighted by molar-refractivity contribution is 4.96. The fourth-order valence-electron chi connectivity index (χ4n) is 3.10. The molecule has 0 aliphatic heterocycles. The molecule has 0 amide bonds. The lowest BCUT2D eigenvalue weighted by molar-refractivity contribution is -0.161. The Balaban J connectivity index is 2.73. The van der Waals surface area contributed by atoms with Gasteiger partial charge in [0.05, 0.1) is 6.54 Å². The minimum atomic E-state index is -4.14. The maximum Gasteiger partial charge on any atom is 0.401 e. The summed E-state index contributed by atoms with van der Waals surface area (Å²) in [5, 5.41) is 0. The van der Waals surface area contributed by atoms with Crippen molar-refractivity contribution in [3.05, 3.63) is 0 Å². The highest BCUT2D eigenvalue weighted by Crippen LogP contribution is 2.38. The molecule has 0 heterocycles. The maximum atomic E-state index is 12.6. The van der Waals surface area contributed by atoms with Gasteiger partial charge in [-0.05, 0) is 38.1 Å². The molecule has 18 heavy (non-hydrogen) atoms. The molecule has 0 unspecified atom stereocenters. The summed E-state index contributed by atoms with van der Waals surface area (Å²) in [6.45, 7) is 3.83. The Hall–Kier alpha value is -0.290. The van der Waals surface area contributed by atoms with Crippen LogP contribution in [0.2, 0.25) is 0 Å². The minimum absolute atomic E-state index is 0.327. The smallest absolute Gasteiger partial charge is 0.329 e. The number of nitrogens with two attached hydrogens (primary N) is 1. The Morgan fingerprint density at radius 1 is 1.22 bits per heavy atom. The normalized spacial score (nSPS) is 29.8. The van der Waals surface area contributed by atoms with Gasteiger partial charge in [0.25, 0.3) is 0 Å². The van der Waals surface area contributed by atoms with Gasteiger partial charge in [-0.2, -0.15) is 13.2 Å². The van der Waals surface area contributed by atoms with Gasteiger partial charge >= 0.3 is 6.18 Å². The average Bonchev–Trinajstić information content (AvgIpc) is 2.35. The molecule has 0 bridgehead atoms. The topological polar surface area (TPSA) is 29.3 Å². The first kappa shape index (κ1) is 15.8. The number of likely N-dealkylation sites (N-methyl/N-ethyl adjacent to an activating group) is 1. The quantitative estimate of drug-likeness (QED) is 0.828. The molecule has 1 fully saturated rings. The van der Waals surface area contributed by atoms with Crippen molar-refractivity contribution < 1.29 is 13.2 Å². The Morgan fingerprint density at radius 3 is 2.11 bits per heavy atom. The van der Waals surface area contributed by atoms with Gasteiger partial charge in [0.15, 0.2) is 0 Å². The predicted molar refractivity (Wildman–Crippen MR) is 67.3 cm³/mol. The van der Waals surface area contributed by atoms with E-state index in [0.29, 0.717) is 19.0 Å². The van der Waals surface area contributed by atoms with Crippen LogP contribution in [0.4, 0.5) is 13.2 Å². The standard InChI is InChI=1S/C13H25F3N2/c1-3-11-5-7-12(9-17,8-6-11)18(4-2)10-13(14,15)16/h11H,3-10,17H2,1-2H3. The average molecular weight is 266 g/mol. The summed E-state index contributed by atoms with van der Waals surface area (Å²) in [5.74, 6) is 0.661. The molecular formula is C13H25F3N2. The molecule has 2 nitrogen and oxygen atoms in total. The van der Waals surface area contributed by atoms with E-state index in [0.717, 1.165) is 32.1 Å². The molecule has 0 spiro atoms. The van der Waals surface area contributed by atoms with E-state index in [1.807, 2.05) is 0 Å². The summed E-state index contributed by atoms with van der Waals surface area (Å²) >= 11 is 0. The number of rotatable bonds is 5. The molecule has 0 aromatic rings. The van der Waals surface area contributed by atoms with Crippen LogP contribution >= 0.6 is 0 Å². The lowest BCUT2D eigenvalue weighted by Gasteiger charge is -2.47. The maximum absolute atomic E-state index is 12.6. The zero-order valence-electron chi connectivity index (χ0n) is 11.4. The van der Waals surface area contributed by atoms with Crippen LogP contribution in [0.1, 0.15) is 46.0 Å². The van der Waals surface area contributed by atoms with E-state index in [4.69, 9.17) is 5.73 Å². The Kier molecular flexibility index (Phi) is 5.46. The Bertz CT molecular complexity index is 245. The van der Waals surface area contributed by atoms with Crippen molar-refractivity contribution in [1.82, 2.24) is 4.90 Å². The van der Waals surface area contributed by atoms with Crippen LogP contribution in [0, 0.1) is 5.92 Å². The molecular weight excluding hydrogens is 241 g/mol. The summed E-state index contributed by atoms with van der Waals surface area (Å²) in [4.78, 5) is 1.54. The third kappa shape index (κ3) is 3.85. The second kappa shape index (κ2) is 6.24. The van der Waals surface area contributed by atoms with Crippen LogP contribution in [0.25, 0.3) is 0 Å². The summed E-state index contributed by atoms with van der Waals surface area (Å²) < 4.78 is 37.8. The van der Waals surface area contributed by atoms with E-state index >= 15 is 0 Å². The van der Waals surface area contributed by atoms with Crippen molar-refractivity contribution in [2.75, 3.05) is 19.6 Å². The molecule has 0 atom stereocenters. The fourth-order valence-corrected chi connectivity index (χ4v) is 3.10. The van der Waals surface area contributed by atoms with Crippen LogP contribution in [0.15, 0.2) is 0 Å². The first-order chi connectivity index (χ1) is 8.37. The van der Waals surface area contributed by atoms with Gasteiger partial charge in [-0.25, -0.2) is 0 Å². The summed E-state index contributed by atoms with van der Waals surface area (Å²) in [5.41, 5.74) is 5.38. The van der Waals surface area contributed by atoms with E-state index in [-0.39, 0.29) is 0 Å². The van der Waals surface area contributed by atoms with E-state index in [2.05, 4.69) is 6.92 Å². The van der Waals surface area contributed by atoms with Gasteiger partial charge < -0.3 is 5.73 Å². The van der Waals surface area contributed by atoms with Crippen molar-refractivity contribution >= 4 is 0 Å². The van der Waals surface area contributed by atoms with E-state index in [1.54, 1.807) is 11.8 Å². The SMILES string of the molecule is CCC1CCC(CN)(N(CC)CC(F)(F)F)CC1. The van der Waals surface area contributed by atoms with Gasteiger partial charge in [0.1, 0.15) is 0 Å². The van der Waals surface area contributed by atoms with Crippen molar-refractivity contribution in [1.29, 1.82) is 0 Å². The molecule has 0 aromatic carbocycles. The molecule has 1 aliphatic carbocycles. The number of nitrogens with zero attached hydrogens (tertiary/aromatic N) is 1. The first-order valence-corrected chi connectivity index (χ1v) is 6.88. The fraction of sp³-hybridized carbons (Fsp3) is 1.00. The second-order valence-corrected chi connectivity index (χ2v) is 5.41. The zero-order valence-corrected chi connectivity index (χ0v) is 11.4. The number of halogens is 3. The minimum Gasteiger partial charge on any atom is -0.329 e. The van der Waals surface area contributed by atoms with E-state index < -0.39 is 18.3 Å². The molecule has 0 saturated heterocycles. The molecule has 108 valence electrons. The van der Waals surface area contributed by atoms with Gasteiger partial charge in [0.2, 0.25) is 0 Å². The van der Waals surface area contributed by atoms with Crippen LogP contribution in [0.5, 0.6) is 0 Å². The molecule has 1 rings (SSSR count). The van der Waals surface area contributed by atoms with E-state index in [1.165, 1.54) is 0 Å². The van der Waals surface area contributed by atoms with Crippen molar-refractivity contribution in [3.8, 4) is 0 Å². The number of alkyl halides is 3. The number of hydrogen-bond donors (Lipinski definition) is 1. The highest BCUT2D eigenvalue weighted by Gasteiger charge is 2.42. The molecule has 1 saturated carbocycles. The van der Waals surface area contributed by atoms with Crippen molar-refractivity contribution in [2.45, 2.75) is 57.7 Å². The number of hydrogen-bond acceptors (Lipinski definition) is 2. The highest BCUT2D eigenvalue weighted by atomic mass is 19.4. The van der Waals surface area contributed by atoms with Crippen LogP contribution in [-0.4, -0.2) is 36.2 Å².